The number of nitrogens with zero attached hydrogens (tertiary/aromatic N) is 1. The quantitative estimate of drug-likeness (QED) is 0.547. The summed E-state index contributed by atoms with van der Waals surface area (Å²) >= 11 is 0. The van der Waals surface area contributed by atoms with Crippen LogP contribution in [0.25, 0.3) is 0 Å². The predicted octanol–water partition coefficient (Wildman–Crippen LogP) is -0.306. The number of aliphatic hydroxyl groups is 1. The molecule has 0 bridgehead atoms. The number of likely N-dealkylation sites (N-methyl/N-ethyl adjacent to an activating group) is 1. The Labute approximate surface area is 104 Å². The first-order valence-electron chi connectivity index (χ1n) is 6.41. The normalized spacial score (nSPS) is 23.1. The van der Waals surface area contributed by atoms with E-state index in [1.54, 1.807) is 7.11 Å². The van der Waals surface area contributed by atoms with Crippen LogP contribution in [0.2, 0.25) is 0 Å². The number of ether oxygens (including phenoxy) is 2. The highest BCUT2D eigenvalue weighted by atomic mass is 16.5. The molecule has 5 nitrogen and oxygen atoms in total. The summed E-state index contributed by atoms with van der Waals surface area (Å²) in [5.41, 5.74) is 0. The third-order valence-electron chi connectivity index (χ3n) is 3.13. The van der Waals surface area contributed by atoms with Gasteiger partial charge >= 0.3 is 0 Å². The number of hydrogen-bond donors (Lipinski definition) is 2. The lowest BCUT2D eigenvalue weighted by Gasteiger charge is -2.26. The van der Waals surface area contributed by atoms with Crippen LogP contribution < -0.4 is 5.32 Å². The van der Waals surface area contributed by atoms with Crippen LogP contribution in [0.15, 0.2) is 0 Å². The fourth-order valence-corrected chi connectivity index (χ4v) is 2.29. The molecule has 2 atom stereocenters. The van der Waals surface area contributed by atoms with E-state index in [-0.39, 0.29) is 0 Å². The monoisotopic (exact) mass is 246 g/mol. The molecule has 1 fully saturated rings. The fraction of sp³-hybridized carbons (Fsp3) is 1.00. The topological polar surface area (TPSA) is 54.0 Å². The molecule has 1 aliphatic rings. The highest BCUT2D eigenvalue weighted by Gasteiger charge is 2.25. The molecule has 0 aromatic rings. The molecular weight excluding hydrogens is 220 g/mol. The Kier molecular flexibility index (Phi) is 7.72. The minimum atomic E-state index is -0.399. The maximum Gasteiger partial charge on any atom is 0.0900 e. The first-order chi connectivity index (χ1) is 8.27. The number of β-amino-alcohol motifs (C(OH)–C–C–N with tert-alkyl or cyclic N) is 1. The van der Waals surface area contributed by atoms with Crippen LogP contribution in [-0.4, -0.2) is 75.8 Å². The molecule has 2 unspecified atom stereocenters. The Balaban J connectivity index is 2.13. The standard InChI is InChI=1S/C12H26N2O3/c1-13-8-11-4-3-5-14(11)9-12(15)10-17-7-6-16-2/h11-13,15H,3-10H2,1-2H3. The molecule has 0 radical (unpaired) electrons. The van der Waals surface area contributed by atoms with Crippen LogP contribution >= 0.6 is 0 Å². The molecule has 1 heterocycles. The molecule has 1 rings (SSSR count). The van der Waals surface area contributed by atoms with E-state index in [1.807, 2.05) is 7.05 Å². The van der Waals surface area contributed by atoms with Crippen LogP contribution in [-0.2, 0) is 9.47 Å². The summed E-state index contributed by atoms with van der Waals surface area (Å²) < 4.78 is 10.2. The molecule has 0 spiro atoms. The highest BCUT2D eigenvalue weighted by Crippen LogP contribution is 2.16. The zero-order chi connectivity index (χ0) is 12.5. The molecule has 1 saturated heterocycles. The van der Waals surface area contributed by atoms with Crippen molar-refractivity contribution in [3.63, 3.8) is 0 Å². The van der Waals surface area contributed by atoms with Crippen LogP contribution in [0, 0.1) is 0 Å². The van der Waals surface area contributed by atoms with E-state index in [0.29, 0.717) is 32.4 Å². The molecule has 0 aliphatic carbocycles. The smallest absolute Gasteiger partial charge is 0.0900 e. The molecule has 1 aliphatic heterocycles. The summed E-state index contributed by atoms with van der Waals surface area (Å²) in [6.07, 6.45) is 2.05. The minimum absolute atomic E-state index is 0.395. The van der Waals surface area contributed by atoms with Gasteiger partial charge < -0.3 is 19.9 Å². The van der Waals surface area contributed by atoms with Gasteiger partial charge in [-0.1, -0.05) is 0 Å². The van der Waals surface area contributed by atoms with Crippen molar-refractivity contribution in [1.82, 2.24) is 10.2 Å². The van der Waals surface area contributed by atoms with Crippen molar-refractivity contribution in [3.8, 4) is 0 Å². The average molecular weight is 246 g/mol. The van der Waals surface area contributed by atoms with Gasteiger partial charge in [-0.15, -0.1) is 0 Å². The van der Waals surface area contributed by atoms with Gasteiger partial charge in [-0.2, -0.15) is 0 Å². The largest absolute Gasteiger partial charge is 0.389 e. The first-order valence-corrected chi connectivity index (χ1v) is 6.41. The molecule has 0 aromatic heterocycles. The second-order valence-corrected chi connectivity index (χ2v) is 4.57. The highest BCUT2D eigenvalue weighted by molar-refractivity contribution is 4.82. The van der Waals surface area contributed by atoms with Crippen molar-refractivity contribution in [3.05, 3.63) is 0 Å². The van der Waals surface area contributed by atoms with E-state index < -0.39 is 6.10 Å². The summed E-state index contributed by atoms with van der Waals surface area (Å²) in [5, 5.41) is 13.1. The summed E-state index contributed by atoms with van der Waals surface area (Å²) in [5.74, 6) is 0. The molecule has 0 amide bonds. The number of hydrogen-bond acceptors (Lipinski definition) is 5. The third kappa shape index (κ3) is 5.79. The van der Waals surface area contributed by atoms with Gasteiger partial charge in [-0.3, -0.25) is 4.90 Å². The Bertz CT molecular complexity index is 193. The second kappa shape index (κ2) is 8.83. The van der Waals surface area contributed by atoms with E-state index >= 15 is 0 Å². The summed E-state index contributed by atoms with van der Waals surface area (Å²) in [6.45, 7) is 4.32. The van der Waals surface area contributed by atoms with E-state index in [9.17, 15) is 5.11 Å². The lowest BCUT2D eigenvalue weighted by atomic mass is 10.2. The number of rotatable bonds is 9. The maximum atomic E-state index is 9.87. The molecule has 102 valence electrons. The Morgan fingerprint density at radius 1 is 1.47 bits per heavy atom. The number of methoxy groups -OCH3 is 1. The van der Waals surface area contributed by atoms with Crippen molar-refractivity contribution in [2.75, 3.05) is 53.6 Å². The van der Waals surface area contributed by atoms with Crippen molar-refractivity contribution >= 4 is 0 Å². The third-order valence-corrected chi connectivity index (χ3v) is 3.13. The van der Waals surface area contributed by atoms with E-state index in [0.717, 1.165) is 13.1 Å². The molecule has 0 saturated carbocycles. The van der Waals surface area contributed by atoms with Crippen LogP contribution in [0.4, 0.5) is 0 Å². The van der Waals surface area contributed by atoms with Gasteiger partial charge in [0.15, 0.2) is 0 Å². The SMILES string of the molecule is CNCC1CCCN1CC(O)COCCOC. The van der Waals surface area contributed by atoms with Gasteiger partial charge in [0.05, 0.1) is 25.9 Å². The summed E-state index contributed by atoms with van der Waals surface area (Å²) in [7, 11) is 3.62. The van der Waals surface area contributed by atoms with Crippen molar-refractivity contribution in [1.29, 1.82) is 0 Å². The van der Waals surface area contributed by atoms with Crippen LogP contribution in [0.1, 0.15) is 12.8 Å². The van der Waals surface area contributed by atoms with Gasteiger partial charge in [0.1, 0.15) is 0 Å². The lowest BCUT2D eigenvalue weighted by Crippen LogP contribution is -2.42. The second-order valence-electron chi connectivity index (χ2n) is 4.57. The van der Waals surface area contributed by atoms with E-state index in [1.165, 1.54) is 12.8 Å². The zero-order valence-electron chi connectivity index (χ0n) is 11.0. The van der Waals surface area contributed by atoms with Crippen molar-refractivity contribution in [2.24, 2.45) is 0 Å². The first kappa shape index (κ1) is 14.9. The predicted molar refractivity (Wildman–Crippen MR) is 67.2 cm³/mol. The Morgan fingerprint density at radius 2 is 2.29 bits per heavy atom. The van der Waals surface area contributed by atoms with Crippen molar-refractivity contribution < 1.29 is 14.6 Å². The Hall–Kier alpha value is -0.200. The lowest BCUT2D eigenvalue weighted by molar-refractivity contribution is -0.00196. The molecule has 2 N–H and O–H groups in total. The molecular formula is C12H26N2O3. The zero-order valence-corrected chi connectivity index (χ0v) is 11.0. The summed E-state index contributed by atoms with van der Waals surface area (Å²) in [6, 6.07) is 0.564. The van der Waals surface area contributed by atoms with Gasteiger partial charge in [-0.05, 0) is 26.4 Å². The molecule has 0 aromatic carbocycles. The van der Waals surface area contributed by atoms with Gasteiger partial charge in [0.25, 0.3) is 0 Å². The van der Waals surface area contributed by atoms with Crippen LogP contribution in [0.3, 0.4) is 0 Å². The molecule has 17 heavy (non-hydrogen) atoms. The van der Waals surface area contributed by atoms with E-state index in [2.05, 4.69) is 10.2 Å². The minimum Gasteiger partial charge on any atom is -0.389 e. The number of likely N-dealkylation sites (tertiary alicyclic amines) is 1. The van der Waals surface area contributed by atoms with Crippen molar-refractivity contribution in [2.45, 2.75) is 25.0 Å². The average Bonchev–Trinajstić information content (AvgIpc) is 2.73. The van der Waals surface area contributed by atoms with Gasteiger partial charge in [0.2, 0.25) is 0 Å². The fourth-order valence-electron chi connectivity index (χ4n) is 2.29. The molecule has 5 heteroatoms. The van der Waals surface area contributed by atoms with Crippen LogP contribution in [0.5, 0.6) is 0 Å². The Morgan fingerprint density at radius 3 is 3.00 bits per heavy atom. The maximum absolute atomic E-state index is 9.87. The summed E-state index contributed by atoms with van der Waals surface area (Å²) in [4.78, 5) is 2.35. The number of aliphatic hydroxyl groups excluding tert-OH is 1. The van der Waals surface area contributed by atoms with E-state index in [4.69, 9.17) is 9.47 Å². The van der Waals surface area contributed by atoms with Gasteiger partial charge in [0, 0.05) is 26.2 Å². The van der Waals surface area contributed by atoms with Gasteiger partial charge in [-0.25, -0.2) is 0 Å². The number of nitrogens with one attached hydrogen (secondary N) is 1.